The van der Waals surface area contributed by atoms with Gasteiger partial charge in [0.1, 0.15) is 6.54 Å². The van der Waals surface area contributed by atoms with Crippen molar-refractivity contribution in [3.63, 3.8) is 0 Å². The maximum absolute atomic E-state index is 11.4. The summed E-state index contributed by atoms with van der Waals surface area (Å²) >= 11 is 0. The van der Waals surface area contributed by atoms with Crippen LogP contribution in [-0.2, 0) is 16.4 Å². The molecule has 0 aromatic carbocycles. The van der Waals surface area contributed by atoms with Gasteiger partial charge in [0.15, 0.2) is 9.84 Å². The van der Waals surface area contributed by atoms with E-state index in [1.165, 1.54) is 12.3 Å². The van der Waals surface area contributed by atoms with Crippen LogP contribution in [0.25, 0.3) is 0 Å². The van der Waals surface area contributed by atoms with Crippen LogP contribution >= 0.6 is 0 Å². The Kier molecular flexibility index (Phi) is 3.99. The van der Waals surface area contributed by atoms with E-state index in [0.717, 1.165) is 4.68 Å². The minimum atomic E-state index is -3.13. The number of rotatable bonds is 6. The first-order valence-corrected chi connectivity index (χ1v) is 6.65. The Morgan fingerprint density at radius 1 is 1.50 bits per heavy atom. The van der Waals surface area contributed by atoms with Crippen molar-refractivity contribution in [2.24, 2.45) is 0 Å². The van der Waals surface area contributed by atoms with Crippen LogP contribution in [0.15, 0.2) is 12.3 Å². The lowest BCUT2D eigenvalue weighted by molar-refractivity contribution is -0.392. The monoisotopic (exact) mass is 247 g/mol. The largest absolute Gasteiger partial charge is 0.358 e. The van der Waals surface area contributed by atoms with Gasteiger partial charge in [0.25, 0.3) is 0 Å². The number of aryl methyl sites for hydroxylation is 1. The molecule has 16 heavy (non-hydrogen) atoms. The SMILES string of the molecule is CCCS(=O)(=O)CCn1nccc1[N+](=O)[O-]. The normalized spacial score (nSPS) is 11.6. The summed E-state index contributed by atoms with van der Waals surface area (Å²) in [6.07, 6.45) is 1.83. The number of nitrogens with zero attached hydrogens (tertiary/aromatic N) is 3. The maximum atomic E-state index is 11.4. The third-order valence-corrected chi connectivity index (χ3v) is 3.85. The number of hydrogen-bond acceptors (Lipinski definition) is 5. The quantitative estimate of drug-likeness (QED) is 0.542. The summed E-state index contributed by atoms with van der Waals surface area (Å²) in [5.41, 5.74) is 0. The molecule has 1 aromatic rings. The van der Waals surface area contributed by atoms with Gasteiger partial charge in [0.05, 0.1) is 23.8 Å². The molecule has 0 saturated heterocycles. The summed E-state index contributed by atoms with van der Waals surface area (Å²) in [6.45, 7) is 1.79. The van der Waals surface area contributed by atoms with Gasteiger partial charge in [-0.25, -0.2) is 8.42 Å². The lowest BCUT2D eigenvalue weighted by atomic mass is 10.6. The summed E-state index contributed by atoms with van der Waals surface area (Å²) in [7, 11) is -3.13. The topological polar surface area (TPSA) is 95.1 Å². The van der Waals surface area contributed by atoms with E-state index in [-0.39, 0.29) is 23.9 Å². The molecule has 7 nitrogen and oxygen atoms in total. The Morgan fingerprint density at radius 3 is 2.75 bits per heavy atom. The van der Waals surface area contributed by atoms with Crippen LogP contribution in [-0.4, -0.2) is 34.6 Å². The molecular formula is C8H13N3O4S. The third kappa shape index (κ3) is 3.30. The van der Waals surface area contributed by atoms with Gasteiger partial charge in [0, 0.05) is 0 Å². The highest BCUT2D eigenvalue weighted by Gasteiger charge is 2.17. The van der Waals surface area contributed by atoms with Gasteiger partial charge in [0.2, 0.25) is 0 Å². The fraction of sp³-hybridized carbons (Fsp3) is 0.625. The average molecular weight is 247 g/mol. The second-order valence-corrected chi connectivity index (χ2v) is 5.63. The maximum Gasteiger partial charge on any atom is 0.344 e. The average Bonchev–Trinajstić information content (AvgIpc) is 2.62. The van der Waals surface area contributed by atoms with Gasteiger partial charge in [-0.2, -0.15) is 0 Å². The minimum Gasteiger partial charge on any atom is -0.358 e. The van der Waals surface area contributed by atoms with Crippen LogP contribution in [0, 0.1) is 10.1 Å². The summed E-state index contributed by atoms with van der Waals surface area (Å²) < 4.78 is 23.9. The van der Waals surface area contributed by atoms with Gasteiger partial charge >= 0.3 is 5.82 Å². The van der Waals surface area contributed by atoms with Gasteiger partial charge in [-0.3, -0.25) is 0 Å². The highest BCUT2D eigenvalue weighted by molar-refractivity contribution is 7.91. The molecule has 0 radical (unpaired) electrons. The summed E-state index contributed by atoms with van der Waals surface area (Å²) in [6, 6.07) is 1.24. The fourth-order valence-electron chi connectivity index (χ4n) is 1.29. The lowest BCUT2D eigenvalue weighted by Gasteiger charge is -2.01. The predicted molar refractivity (Wildman–Crippen MR) is 57.8 cm³/mol. The molecule has 8 heteroatoms. The highest BCUT2D eigenvalue weighted by atomic mass is 32.2. The van der Waals surface area contributed by atoms with Crippen molar-refractivity contribution >= 4 is 15.7 Å². The first-order chi connectivity index (χ1) is 7.46. The van der Waals surface area contributed by atoms with Gasteiger partial charge in [-0.1, -0.05) is 12.0 Å². The molecule has 0 bridgehead atoms. The van der Waals surface area contributed by atoms with Gasteiger partial charge < -0.3 is 10.1 Å². The van der Waals surface area contributed by atoms with E-state index in [1.54, 1.807) is 6.92 Å². The third-order valence-electron chi connectivity index (χ3n) is 2.01. The second-order valence-electron chi connectivity index (χ2n) is 3.32. The van der Waals surface area contributed by atoms with Crippen molar-refractivity contribution in [3.05, 3.63) is 22.4 Å². The van der Waals surface area contributed by atoms with E-state index in [2.05, 4.69) is 5.10 Å². The van der Waals surface area contributed by atoms with Crippen LogP contribution in [0.3, 0.4) is 0 Å². The van der Waals surface area contributed by atoms with Crippen LogP contribution in [0.4, 0.5) is 5.82 Å². The molecule has 1 aromatic heterocycles. The molecule has 1 heterocycles. The second kappa shape index (κ2) is 5.06. The van der Waals surface area contributed by atoms with Crippen LogP contribution < -0.4 is 0 Å². The molecule has 1 rings (SSSR count). The number of sulfone groups is 1. The molecule has 0 aliphatic heterocycles. The van der Waals surface area contributed by atoms with Gasteiger partial charge in [-0.15, -0.1) is 4.68 Å². The lowest BCUT2D eigenvalue weighted by Crippen LogP contribution is -2.17. The van der Waals surface area contributed by atoms with Crippen LogP contribution in [0.2, 0.25) is 0 Å². The van der Waals surface area contributed by atoms with E-state index in [9.17, 15) is 18.5 Å². The molecule has 0 N–H and O–H groups in total. The van der Waals surface area contributed by atoms with Crippen molar-refractivity contribution in [1.29, 1.82) is 0 Å². The Morgan fingerprint density at radius 2 is 2.19 bits per heavy atom. The Labute approximate surface area is 93.1 Å². The van der Waals surface area contributed by atoms with Crippen LogP contribution in [0.1, 0.15) is 13.3 Å². The first kappa shape index (κ1) is 12.6. The Hall–Kier alpha value is -1.44. The van der Waals surface area contributed by atoms with E-state index >= 15 is 0 Å². The molecule has 0 unspecified atom stereocenters. The van der Waals surface area contributed by atoms with E-state index < -0.39 is 14.8 Å². The summed E-state index contributed by atoms with van der Waals surface area (Å²) in [5, 5.41) is 14.2. The van der Waals surface area contributed by atoms with E-state index in [0.29, 0.717) is 6.42 Å². The molecule has 0 aliphatic rings. The number of hydrogen-bond donors (Lipinski definition) is 0. The molecule has 0 atom stereocenters. The number of nitro groups is 1. The molecule has 0 spiro atoms. The zero-order chi connectivity index (χ0) is 12.2. The fourth-order valence-corrected chi connectivity index (χ4v) is 2.57. The first-order valence-electron chi connectivity index (χ1n) is 4.83. The molecule has 90 valence electrons. The molecule has 0 aliphatic carbocycles. The van der Waals surface area contributed by atoms with Crippen molar-refractivity contribution in [1.82, 2.24) is 9.78 Å². The zero-order valence-electron chi connectivity index (χ0n) is 8.87. The Bertz CT molecular complexity index is 465. The van der Waals surface area contributed by atoms with Crippen LogP contribution in [0.5, 0.6) is 0 Å². The van der Waals surface area contributed by atoms with Crippen molar-refractivity contribution in [2.75, 3.05) is 11.5 Å². The summed E-state index contributed by atoms with van der Waals surface area (Å²) in [4.78, 5) is 9.94. The highest BCUT2D eigenvalue weighted by Crippen LogP contribution is 2.09. The van der Waals surface area contributed by atoms with E-state index in [4.69, 9.17) is 0 Å². The summed E-state index contributed by atoms with van der Waals surface area (Å²) in [5.74, 6) is -0.211. The van der Waals surface area contributed by atoms with Crippen molar-refractivity contribution in [2.45, 2.75) is 19.9 Å². The van der Waals surface area contributed by atoms with E-state index in [1.807, 2.05) is 0 Å². The minimum absolute atomic E-state index is 0.0195. The molecular weight excluding hydrogens is 234 g/mol. The molecule has 0 saturated carbocycles. The van der Waals surface area contributed by atoms with Crippen molar-refractivity contribution < 1.29 is 13.3 Å². The predicted octanol–water partition coefficient (Wildman–Crippen LogP) is 0.616. The smallest absolute Gasteiger partial charge is 0.344 e. The zero-order valence-corrected chi connectivity index (χ0v) is 9.68. The van der Waals surface area contributed by atoms with Gasteiger partial charge in [-0.05, 0) is 11.3 Å². The molecule has 0 fully saturated rings. The Balaban J connectivity index is 2.68. The standard InChI is InChI=1S/C8H13N3O4S/c1-2-6-16(14,15)7-5-10-8(11(12)13)3-4-9-10/h3-4H,2,5-7H2,1H3. The number of aromatic nitrogens is 2. The molecule has 0 amide bonds. The van der Waals surface area contributed by atoms with Crippen molar-refractivity contribution in [3.8, 4) is 0 Å².